The van der Waals surface area contributed by atoms with Crippen molar-refractivity contribution >= 4 is 0 Å². The second kappa shape index (κ2) is 4.45. The molecule has 0 rings (SSSR count). The molecular formula is C8H18N2O2. The summed E-state index contributed by atoms with van der Waals surface area (Å²) in [7, 11) is 5.43. The summed E-state index contributed by atoms with van der Waals surface area (Å²) < 4.78 is 0. The smallest absolute Gasteiger partial charge is 0.168 e. The first-order valence-corrected chi connectivity index (χ1v) is 3.78. The maximum absolute atomic E-state index is 5.44. The van der Waals surface area contributed by atoms with E-state index in [1.165, 1.54) is 6.26 Å². The maximum Gasteiger partial charge on any atom is 0.168 e. The van der Waals surface area contributed by atoms with E-state index in [1.54, 1.807) is 17.2 Å². The zero-order chi connectivity index (χ0) is 9.78. The Hall–Kier alpha value is -0.580. The predicted octanol–water partition coefficient (Wildman–Crippen LogP) is 1.22. The van der Waals surface area contributed by atoms with E-state index in [2.05, 4.69) is 6.58 Å². The lowest BCUT2D eigenvalue weighted by atomic mass is 10.3. The van der Waals surface area contributed by atoms with Gasteiger partial charge in [-0.1, -0.05) is 6.58 Å². The van der Waals surface area contributed by atoms with Crippen LogP contribution < -0.4 is 0 Å². The molecule has 0 unspecified atom stereocenters. The molecule has 0 aromatic rings. The monoisotopic (exact) mass is 174 g/mol. The topological polar surface area (TPSA) is 24.9 Å². The first-order valence-electron chi connectivity index (χ1n) is 3.78. The SMILES string of the molecule is C=CON(C)C(C)(C)ON(C)C. The van der Waals surface area contributed by atoms with Gasteiger partial charge in [0.1, 0.15) is 6.26 Å². The molecule has 0 fully saturated rings. The molecule has 0 bridgehead atoms. The zero-order valence-corrected chi connectivity index (χ0v) is 8.50. The Labute approximate surface area is 74.3 Å². The van der Waals surface area contributed by atoms with Gasteiger partial charge in [0, 0.05) is 21.1 Å². The zero-order valence-electron chi connectivity index (χ0n) is 8.50. The second-order valence-corrected chi connectivity index (χ2v) is 3.12. The molecule has 0 aliphatic carbocycles. The highest BCUT2D eigenvalue weighted by molar-refractivity contribution is 4.61. The van der Waals surface area contributed by atoms with Crippen molar-refractivity contribution in [1.29, 1.82) is 0 Å². The summed E-state index contributed by atoms with van der Waals surface area (Å²) >= 11 is 0. The van der Waals surface area contributed by atoms with Crippen LogP contribution in [0, 0.1) is 0 Å². The van der Waals surface area contributed by atoms with Crippen LogP contribution in [0.1, 0.15) is 13.8 Å². The first kappa shape index (κ1) is 11.4. The molecule has 72 valence electrons. The van der Waals surface area contributed by atoms with Gasteiger partial charge in [0.15, 0.2) is 5.72 Å². The van der Waals surface area contributed by atoms with Crippen LogP contribution in [-0.4, -0.2) is 37.0 Å². The van der Waals surface area contributed by atoms with E-state index in [9.17, 15) is 0 Å². The van der Waals surface area contributed by atoms with Crippen molar-refractivity contribution in [2.75, 3.05) is 21.1 Å². The number of nitrogens with zero attached hydrogens (tertiary/aromatic N) is 2. The molecule has 0 atom stereocenters. The second-order valence-electron chi connectivity index (χ2n) is 3.12. The highest BCUT2D eigenvalue weighted by Crippen LogP contribution is 2.14. The molecule has 0 aliphatic heterocycles. The third-order valence-electron chi connectivity index (χ3n) is 1.40. The summed E-state index contributed by atoms with van der Waals surface area (Å²) in [4.78, 5) is 10.5. The average molecular weight is 174 g/mol. The largest absolute Gasteiger partial charge is 0.412 e. The minimum absolute atomic E-state index is 0.502. The summed E-state index contributed by atoms with van der Waals surface area (Å²) in [6.45, 7) is 7.26. The van der Waals surface area contributed by atoms with E-state index >= 15 is 0 Å². The van der Waals surface area contributed by atoms with Crippen LogP contribution in [-0.2, 0) is 9.68 Å². The number of hydrogen-bond donors (Lipinski definition) is 0. The maximum atomic E-state index is 5.44. The quantitative estimate of drug-likeness (QED) is 0.355. The molecule has 0 radical (unpaired) electrons. The Morgan fingerprint density at radius 3 is 2.08 bits per heavy atom. The molecule has 0 aromatic heterocycles. The highest BCUT2D eigenvalue weighted by atomic mass is 16.8. The summed E-state index contributed by atoms with van der Waals surface area (Å²) in [6.07, 6.45) is 1.36. The number of hydroxylamine groups is 4. The Balaban J connectivity index is 4.07. The molecule has 0 aromatic carbocycles. The van der Waals surface area contributed by atoms with Gasteiger partial charge in [-0.15, -0.1) is 5.06 Å². The van der Waals surface area contributed by atoms with Crippen LogP contribution in [0.5, 0.6) is 0 Å². The third kappa shape index (κ3) is 3.71. The molecule has 0 saturated heterocycles. The first-order chi connectivity index (χ1) is 5.40. The standard InChI is InChI=1S/C8H18N2O2/c1-7-11-10(6)8(2,3)12-9(4)5/h7H,1H2,2-6H3. The fourth-order valence-corrected chi connectivity index (χ4v) is 0.743. The van der Waals surface area contributed by atoms with Crippen LogP contribution in [0.2, 0.25) is 0 Å². The summed E-state index contributed by atoms with van der Waals surface area (Å²) in [5.74, 6) is 0. The Morgan fingerprint density at radius 2 is 1.75 bits per heavy atom. The normalized spacial score (nSPS) is 12.2. The van der Waals surface area contributed by atoms with E-state index < -0.39 is 5.72 Å². The average Bonchev–Trinajstić information content (AvgIpc) is 1.85. The fourth-order valence-electron chi connectivity index (χ4n) is 0.743. The molecule has 0 spiro atoms. The highest BCUT2D eigenvalue weighted by Gasteiger charge is 2.26. The molecule has 0 saturated carbocycles. The Morgan fingerprint density at radius 1 is 1.25 bits per heavy atom. The molecule has 4 heteroatoms. The van der Waals surface area contributed by atoms with Crippen molar-refractivity contribution in [2.24, 2.45) is 0 Å². The molecular weight excluding hydrogens is 156 g/mol. The minimum atomic E-state index is -0.502. The number of hydrogen-bond acceptors (Lipinski definition) is 4. The van der Waals surface area contributed by atoms with Crippen molar-refractivity contribution in [3.63, 3.8) is 0 Å². The van der Waals surface area contributed by atoms with E-state index in [0.29, 0.717) is 0 Å². The minimum Gasteiger partial charge on any atom is -0.412 e. The lowest BCUT2D eigenvalue weighted by Crippen LogP contribution is -2.45. The van der Waals surface area contributed by atoms with Gasteiger partial charge >= 0.3 is 0 Å². The molecule has 0 aliphatic rings. The van der Waals surface area contributed by atoms with Crippen molar-refractivity contribution in [1.82, 2.24) is 10.1 Å². The van der Waals surface area contributed by atoms with Crippen LogP contribution >= 0.6 is 0 Å². The van der Waals surface area contributed by atoms with Gasteiger partial charge in [-0.2, -0.15) is 5.06 Å². The van der Waals surface area contributed by atoms with E-state index in [0.717, 1.165) is 0 Å². The summed E-state index contributed by atoms with van der Waals surface area (Å²) in [5.41, 5.74) is -0.502. The Bertz CT molecular complexity index is 146. The van der Waals surface area contributed by atoms with E-state index in [4.69, 9.17) is 9.68 Å². The van der Waals surface area contributed by atoms with Crippen LogP contribution in [0.25, 0.3) is 0 Å². The van der Waals surface area contributed by atoms with E-state index in [1.807, 2.05) is 27.9 Å². The van der Waals surface area contributed by atoms with Gasteiger partial charge < -0.3 is 4.84 Å². The third-order valence-corrected chi connectivity index (χ3v) is 1.40. The lowest BCUT2D eigenvalue weighted by molar-refractivity contribution is -0.328. The lowest BCUT2D eigenvalue weighted by Gasteiger charge is -2.34. The van der Waals surface area contributed by atoms with Gasteiger partial charge in [-0.05, 0) is 13.8 Å². The Kier molecular flexibility index (Phi) is 4.23. The summed E-state index contributed by atoms with van der Waals surface area (Å²) in [5, 5.41) is 3.21. The van der Waals surface area contributed by atoms with Crippen LogP contribution in [0.4, 0.5) is 0 Å². The van der Waals surface area contributed by atoms with Crippen molar-refractivity contribution in [2.45, 2.75) is 19.6 Å². The number of rotatable bonds is 5. The van der Waals surface area contributed by atoms with Crippen LogP contribution in [0.3, 0.4) is 0 Å². The van der Waals surface area contributed by atoms with Crippen molar-refractivity contribution < 1.29 is 9.68 Å². The van der Waals surface area contributed by atoms with Gasteiger partial charge in [0.05, 0.1) is 0 Å². The molecule has 4 nitrogen and oxygen atoms in total. The van der Waals surface area contributed by atoms with Gasteiger partial charge in [0.2, 0.25) is 0 Å². The molecule has 12 heavy (non-hydrogen) atoms. The molecule has 0 heterocycles. The van der Waals surface area contributed by atoms with Crippen molar-refractivity contribution in [3.8, 4) is 0 Å². The summed E-state index contributed by atoms with van der Waals surface area (Å²) in [6, 6.07) is 0. The van der Waals surface area contributed by atoms with Gasteiger partial charge in [0.25, 0.3) is 0 Å². The van der Waals surface area contributed by atoms with Gasteiger partial charge in [-0.3, -0.25) is 4.84 Å². The van der Waals surface area contributed by atoms with E-state index in [-0.39, 0.29) is 0 Å². The van der Waals surface area contributed by atoms with Crippen LogP contribution in [0.15, 0.2) is 12.8 Å². The van der Waals surface area contributed by atoms with Gasteiger partial charge in [-0.25, -0.2) is 0 Å². The molecule has 0 N–H and O–H groups in total. The van der Waals surface area contributed by atoms with Crippen molar-refractivity contribution in [3.05, 3.63) is 12.8 Å². The predicted molar refractivity (Wildman–Crippen MR) is 47.9 cm³/mol. The fraction of sp³-hybridized carbons (Fsp3) is 0.750. The molecule has 0 amide bonds.